The molecule has 4 nitrogen and oxygen atoms in total. The molecule has 0 saturated heterocycles. The Morgan fingerprint density at radius 1 is 1.59 bits per heavy atom. The number of alkyl halides is 2. The predicted octanol–water partition coefficient (Wildman–Crippen LogP) is 2.65. The Kier molecular flexibility index (Phi) is 4.81. The van der Waals surface area contributed by atoms with Gasteiger partial charge in [0.25, 0.3) is 0 Å². The molecule has 17 heavy (non-hydrogen) atoms. The Hall–Kier alpha value is -1.72. The second-order valence-electron chi connectivity index (χ2n) is 3.49. The van der Waals surface area contributed by atoms with E-state index in [9.17, 15) is 13.6 Å². The molecule has 6 heteroatoms. The van der Waals surface area contributed by atoms with Crippen LogP contribution >= 0.6 is 0 Å². The van der Waals surface area contributed by atoms with Gasteiger partial charge in [-0.1, -0.05) is 13.3 Å². The van der Waals surface area contributed by atoms with Crippen molar-refractivity contribution in [2.24, 2.45) is 0 Å². The molecule has 0 amide bonds. The summed E-state index contributed by atoms with van der Waals surface area (Å²) in [5.41, 5.74) is 0.421. The van der Waals surface area contributed by atoms with Crippen LogP contribution < -0.4 is 4.74 Å². The average molecular weight is 245 g/mol. The van der Waals surface area contributed by atoms with E-state index in [-0.39, 0.29) is 5.88 Å². The van der Waals surface area contributed by atoms with Gasteiger partial charge < -0.3 is 9.84 Å². The van der Waals surface area contributed by atoms with Gasteiger partial charge in [-0.15, -0.1) is 0 Å². The van der Waals surface area contributed by atoms with Crippen LogP contribution in [0, 0.1) is 0 Å². The molecule has 1 unspecified atom stereocenters. The lowest BCUT2D eigenvalue weighted by molar-refractivity contribution is -0.139. The summed E-state index contributed by atoms with van der Waals surface area (Å²) < 4.78 is 28.1. The van der Waals surface area contributed by atoms with E-state index in [1.165, 1.54) is 18.3 Å². The quantitative estimate of drug-likeness (QED) is 0.837. The fraction of sp³-hybridized carbons (Fsp3) is 0.455. The molecule has 0 radical (unpaired) electrons. The normalized spacial score (nSPS) is 12.5. The number of ether oxygens (including phenoxy) is 1. The van der Waals surface area contributed by atoms with Gasteiger partial charge in [0.1, 0.15) is 0 Å². The Labute approximate surface area is 97.2 Å². The molecule has 1 N–H and O–H groups in total. The van der Waals surface area contributed by atoms with E-state index >= 15 is 0 Å². The van der Waals surface area contributed by atoms with E-state index in [1.807, 2.05) is 6.92 Å². The molecule has 0 aromatic carbocycles. The number of carbonyl (C=O) groups is 1. The SMILES string of the molecule is CCCC(C(=O)O)c1ccnc(OC(F)F)c1. The van der Waals surface area contributed by atoms with E-state index in [1.54, 1.807) is 0 Å². The Bertz CT molecular complexity index is 385. The molecule has 1 atom stereocenters. The third-order valence-electron chi connectivity index (χ3n) is 2.25. The summed E-state index contributed by atoms with van der Waals surface area (Å²) in [6.07, 6.45) is 2.39. The summed E-state index contributed by atoms with van der Waals surface area (Å²) in [5, 5.41) is 9.02. The van der Waals surface area contributed by atoms with Crippen molar-refractivity contribution >= 4 is 5.97 Å². The maximum atomic E-state index is 12.0. The van der Waals surface area contributed by atoms with Crippen LogP contribution in [0.15, 0.2) is 18.3 Å². The molecular weight excluding hydrogens is 232 g/mol. The minimum atomic E-state index is -2.97. The van der Waals surface area contributed by atoms with Crippen molar-refractivity contribution < 1.29 is 23.4 Å². The number of carboxylic acids is 1. The smallest absolute Gasteiger partial charge is 0.388 e. The summed E-state index contributed by atoms with van der Waals surface area (Å²) in [4.78, 5) is 14.6. The van der Waals surface area contributed by atoms with Crippen LogP contribution in [0.1, 0.15) is 31.2 Å². The van der Waals surface area contributed by atoms with E-state index in [2.05, 4.69) is 9.72 Å². The molecule has 0 aliphatic rings. The average Bonchev–Trinajstić information content (AvgIpc) is 2.24. The molecule has 0 bridgehead atoms. The third-order valence-corrected chi connectivity index (χ3v) is 2.25. The Morgan fingerprint density at radius 2 is 2.29 bits per heavy atom. The van der Waals surface area contributed by atoms with E-state index in [0.29, 0.717) is 18.4 Å². The second-order valence-corrected chi connectivity index (χ2v) is 3.49. The summed E-state index contributed by atoms with van der Waals surface area (Å²) in [5.74, 6) is -1.97. The first-order chi connectivity index (χ1) is 8.04. The monoisotopic (exact) mass is 245 g/mol. The molecule has 1 aromatic heterocycles. The number of hydrogen-bond donors (Lipinski definition) is 1. The predicted molar refractivity (Wildman–Crippen MR) is 56.2 cm³/mol. The molecule has 94 valence electrons. The molecule has 1 heterocycles. The van der Waals surface area contributed by atoms with E-state index in [0.717, 1.165) is 0 Å². The maximum Gasteiger partial charge on any atom is 0.388 e. The summed E-state index contributed by atoms with van der Waals surface area (Å²) in [6, 6.07) is 2.73. The summed E-state index contributed by atoms with van der Waals surface area (Å²) >= 11 is 0. The zero-order valence-electron chi connectivity index (χ0n) is 9.27. The first kappa shape index (κ1) is 13.3. The standard InChI is InChI=1S/C11H13F2NO3/c1-2-3-8(10(15)16)7-4-5-14-9(6-7)17-11(12)13/h4-6,8,11H,2-3H2,1H3,(H,15,16). The third kappa shape index (κ3) is 3.97. The van der Waals surface area contributed by atoms with Gasteiger partial charge in [-0.2, -0.15) is 8.78 Å². The topological polar surface area (TPSA) is 59.4 Å². The van der Waals surface area contributed by atoms with Crippen LogP contribution in [0.3, 0.4) is 0 Å². The van der Waals surface area contributed by atoms with Gasteiger partial charge in [-0.05, 0) is 18.1 Å². The molecule has 0 fully saturated rings. The molecule has 0 saturated carbocycles. The van der Waals surface area contributed by atoms with Crippen molar-refractivity contribution in [1.29, 1.82) is 0 Å². The number of nitrogens with zero attached hydrogens (tertiary/aromatic N) is 1. The molecule has 0 spiro atoms. The van der Waals surface area contributed by atoms with Gasteiger partial charge in [0.15, 0.2) is 0 Å². The van der Waals surface area contributed by atoms with Crippen molar-refractivity contribution in [1.82, 2.24) is 4.98 Å². The van der Waals surface area contributed by atoms with Gasteiger partial charge in [0, 0.05) is 12.3 Å². The van der Waals surface area contributed by atoms with Gasteiger partial charge in [0.2, 0.25) is 5.88 Å². The highest BCUT2D eigenvalue weighted by atomic mass is 19.3. The molecule has 0 aliphatic carbocycles. The van der Waals surface area contributed by atoms with E-state index in [4.69, 9.17) is 5.11 Å². The van der Waals surface area contributed by atoms with E-state index < -0.39 is 18.5 Å². The minimum absolute atomic E-state index is 0.264. The lowest BCUT2D eigenvalue weighted by atomic mass is 9.95. The van der Waals surface area contributed by atoms with Gasteiger partial charge >= 0.3 is 12.6 Å². The molecule has 1 rings (SSSR count). The highest BCUT2D eigenvalue weighted by Crippen LogP contribution is 2.24. The number of pyridine rings is 1. The zero-order chi connectivity index (χ0) is 12.8. The maximum absolute atomic E-state index is 12.0. The van der Waals surface area contributed by atoms with Gasteiger partial charge in [-0.25, -0.2) is 4.98 Å². The zero-order valence-corrected chi connectivity index (χ0v) is 9.27. The van der Waals surface area contributed by atoms with Crippen molar-refractivity contribution in [2.75, 3.05) is 0 Å². The van der Waals surface area contributed by atoms with Crippen molar-refractivity contribution in [3.05, 3.63) is 23.9 Å². The fourth-order valence-electron chi connectivity index (χ4n) is 1.52. The highest BCUT2D eigenvalue weighted by molar-refractivity contribution is 5.76. The molecular formula is C11H13F2NO3. The molecule has 0 aliphatic heterocycles. The minimum Gasteiger partial charge on any atom is -0.481 e. The van der Waals surface area contributed by atoms with Gasteiger partial charge in [0.05, 0.1) is 5.92 Å². The lowest BCUT2D eigenvalue weighted by Crippen LogP contribution is -2.12. The summed E-state index contributed by atoms with van der Waals surface area (Å²) in [6.45, 7) is -1.11. The van der Waals surface area contributed by atoms with Crippen molar-refractivity contribution in [3.8, 4) is 5.88 Å². The number of aliphatic carboxylic acids is 1. The van der Waals surface area contributed by atoms with Crippen LogP contribution in [-0.4, -0.2) is 22.7 Å². The number of aromatic nitrogens is 1. The van der Waals surface area contributed by atoms with Crippen LogP contribution in [0.25, 0.3) is 0 Å². The number of rotatable bonds is 6. The highest BCUT2D eigenvalue weighted by Gasteiger charge is 2.19. The Balaban J connectivity index is 2.91. The number of carboxylic acid groups (broad SMARTS) is 1. The summed E-state index contributed by atoms with van der Waals surface area (Å²) in [7, 11) is 0. The second kappa shape index (κ2) is 6.12. The largest absolute Gasteiger partial charge is 0.481 e. The van der Waals surface area contributed by atoms with Crippen LogP contribution in [0.5, 0.6) is 5.88 Å². The Morgan fingerprint density at radius 3 is 2.82 bits per heavy atom. The first-order valence-corrected chi connectivity index (χ1v) is 5.18. The molecule has 1 aromatic rings. The van der Waals surface area contributed by atoms with Gasteiger partial charge in [-0.3, -0.25) is 4.79 Å². The van der Waals surface area contributed by atoms with Crippen molar-refractivity contribution in [2.45, 2.75) is 32.3 Å². The van der Waals surface area contributed by atoms with Crippen LogP contribution in [0.2, 0.25) is 0 Å². The van der Waals surface area contributed by atoms with Crippen LogP contribution in [0.4, 0.5) is 8.78 Å². The fourth-order valence-corrected chi connectivity index (χ4v) is 1.52. The lowest BCUT2D eigenvalue weighted by Gasteiger charge is -2.12. The number of hydrogen-bond acceptors (Lipinski definition) is 3. The van der Waals surface area contributed by atoms with Crippen molar-refractivity contribution in [3.63, 3.8) is 0 Å². The number of halogens is 2. The first-order valence-electron chi connectivity index (χ1n) is 5.18. The van der Waals surface area contributed by atoms with Crippen LogP contribution in [-0.2, 0) is 4.79 Å².